The van der Waals surface area contributed by atoms with Gasteiger partial charge in [0, 0.05) is 10.2 Å². The van der Waals surface area contributed by atoms with Gasteiger partial charge in [0.15, 0.2) is 5.76 Å². The molecule has 0 fully saturated rings. The summed E-state index contributed by atoms with van der Waals surface area (Å²) in [7, 11) is 1.54. The normalized spacial score (nSPS) is 10.6. The first-order valence-corrected chi connectivity index (χ1v) is 7.96. The molecular weight excluding hydrogens is 374 g/mol. The van der Waals surface area contributed by atoms with Crippen molar-refractivity contribution < 1.29 is 13.9 Å². The number of carbonyl (C=O) groups excluding carboxylic acids is 1. The molecule has 0 saturated heterocycles. The van der Waals surface area contributed by atoms with Crippen LogP contribution in [0.5, 0.6) is 5.75 Å². The molecule has 1 amide bonds. The zero-order valence-electron chi connectivity index (χ0n) is 13.1. The van der Waals surface area contributed by atoms with Crippen molar-refractivity contribution in [1.82, 2.24) is 0 Å². The van der Waals surface area contributed by atoms with E-state index in [1.807, 2.05) is 19.1 Å². The highest BCUT2D eigenvalue weighted by Crippen LogP contribution is 2.22. The van der Waals surface area contributed by atoms with Crippen LogP contribution in [0.3, 0.4) is 0 Å². The predicted molar refractivity (Wildman–Crippen MR) is 95.9 cm³/mol. The number of halogens is 1. The Morgan fingerprint density at radius 3 is 2.67 bits per heavy atom. The maximum atomic E-state index is 12.4. The molecule has 6 heteroatoms. The SMILES string of the molecule is COc1ccc2c(=O)oc(C(=O)Nc3ccc(Br)c(C)c3)cc2c1. The van der Waals surface area contributed by atoms with E-state index >= 15 is 0 Å². The molecule has 0 atom stereocenters. The number of carbonyl (C=O) groups is 1. The molecule has 0 aliphatic heterocycles. The quantitative estimate of drug-likeness (QED) is 0.733. The summed E-state index contributed by atoms with van der Waals surface area (Å²) in [5.41, 5.74) is 1.04. The maximum absolute atomic E-state index is 12.4. The molecule has 3 rings (SSSR count). The number of methoxy groups -OCH3 is 1. The van der Waals surface area contributed by atoms with Gasteiger partial charge in [-0.15, -0.1) is 0 Å². The van der Waals surface area contributed by atoms with Crippen LogP contribution in [0.25, 0.3) is 10.8 Å². The molecular formula is C18H14BrNO4. The highest BCUT2D eigenvalue weighted by molar-refractivity contribution is 9.10. The average Bonchev–Trinajstić information content (AvgIpc) is 2.57. The highest BCUT2D eigenvalue weighted by atomic mass is 79.9. The highest BCUT2D eigenvalue weighted by Gasteiger charge is 2.13. The maximum Gasteiger partial charge on any atom is 0.344 e. The molecule has 0 spiro atoms. The zero-order chi connectivity index (χ0) is 17.3. The monoisotopic (exact) mass is 387 g/mol. The standard InChI is InChI=1S/C18H14BrNO4/c1-10-7-12(3-6-15(10)19)20-17(21)16-9-11-8-13(23-2)4-5-14(11)18(22)24-16/h3-9H,1-2H3,(H,20,21). The summed E-state index contributed by atoms with van der Waals surface area (Å²) in [5, 5.41) is 3.70. The van der Waals surface area contributed by atoms with Gasteiger partial charge in [0.05, 0.1) is 12.5 Å². The second kappa shape index (κ2) is 6.49. The van der Waals surface area contributed by atoms with E-state index in [4.69, 9.17) is 9.15 Å². The van der Waals surface area contributed by atoms with E-state index in [1.165, 1.54) is 13.2 Å². The van der Waals surface area contributed by atoms with Crippen LogP contribution < -0.4 is 15.7 Å². The van der Waals surface area contributed by atoms with Crippen LogP contribution in [0.15, 0.2) is 56.1 Å². The van der Waals surface area contributed by atoms with E-state index in [-0.39, 0.29) is 5.76 Å². The first kappa shape index (κ1) is 16.3. The molecule has 122 valence electrons. The van der Waals surface area contributed by atoms with Crippen molar-refractivity contribution in [2.45, 2.75) is 6.92 Å². The summed E-state index contributed by atoms with van der Waals surface area (Å²) in [6.45, 7) is 1.92. The van der Waals surface area contributed by atoms with Gasteiger partial charge in [0.1, 0.15) is 5.75 Å². The van der Waals surface area contributed by atoms with Gasteiger partial charge in [-0.2, -0.15) is 0 Å². The molecule has 0 aliphatic rings. The van der Waals surface area contributed by atoms with Crippen molar-refractivity contribution in [2.24, 2.45) is 0 Å². The Morgan fingerprint density at radius 1 is 1.17 bits per heavy atom. The fraction of sp³-hybridized carbons (Fsp3) is 0.111. The third kappa shape index (κ3) is 3.19. The van der Waals surface area contributed by atoms with Crippen molar-refractivity contribution in [3.63, 3.8) is 0 Å². The molecule has 1 N–H and O–H groups in total. The number of anilines is 1. The number of aryl methyl sites for hydroxylation is 1. The number of nitrogens with one attached hydrogen (secondary N) is 1. The summed E-state index contributed by atoms with van der Waals surface area (Å²) < 4.78 is 11.2. The minimum atomic E-state index is -0.563. The fourth-order valence-corrected chi connectivity index (χ4v) is 2.57. The van der Waals surface area contributed by atoms with Gasteiger partial charge in [-0.3, -0.25) is 4.79 Å². The summed E-state index contributed by atoms with van der Waals surface area (Å²) in [6.07, 6.45) is 0. The molecule has 5 nitrogen and oxygen atoms in total. The minimum absolute atomic E-state index is 0.0543. The lowest BCUT2D eigenvalue weighted by Crippen LogP contribution is -2.15. The van der Waals surface area contributed by atoms with Gasteiger partial charge in [0.25, 0.3) is 5.91 Å². The Morgan fingerprint density at radius 2 is 1.96 bits per heavy atom. The topological polar surface area (TPSA) is 68.5 Å². The Kier molecular flexibility index (Phi) is 4.40. The van der Waals surface area contributed by atoms with E-state index in [1.54, 1.807) is 24.3 Å². The Bertz CT molecular complexity index is 994. The predicted octanol–water partition coefficient (Wildman–Crippen LogP) is 4.12. The number of benzene rings is 2. The largest absolute Gasteiger partial charge is 0.497 e. The van der Waals surface area contributed by atoms with Gasteiger partial charge in [-0.25, -0.2) is 4.79 Å². The molecule has 24 heavy (non-hydrogen) atoms. The first-order valence-electron chi connectivity index (χ1n) is 7.17. The minimum Gasteiger partial charge on any atom is -0.497 e. The number of rotatable bonds is 3. The van der Waals surface area contributed by atoms with E-state index < -0.39 is 11.5 Å². The number of ether oxygens (including phenoxy) is 1. The lowest BCUT2D eigenvalue weighted by atomic mass is 10.1. The number of amides is 1. The van der Waals surface area contributed by atoms with Crippen molar-refractivity contribution in [3.8, 4) is 5.75 Å². The van der Waals surface area contributed by atoms with Crippen molar-refractivity contribution >= 4 is 38.3 Å². The van der Waals surface area contributed by atoms with Crippen molar-refractivity contribution in [3.05, 3.63) is 68.7 Å². The lowest BCUT2D eigenvalue weighted by molar-refractivity contribution is 0.0993. The van der Waals surface area contributed by atoms with Crippen LogP contribution in [0, 0.1) is 6.92 Å². The van der Waals surface area contributed by atoms with Gasteiger partial charge < -0.3 is 14.5 Å². The second-order valence-electron chi connectivity index (χ2n) is 5.27. The second-order valence-corrected chi connectivity index (χ2v) is 6.12. The smallest absolute Gasteiger partial charge is 0.344 e. The zero-order valence-corrected chi connectivity index (χ0v) is 14.6. The molecule has 1 heterocycles. The van der Waals surface area contributed by atoms with Crippen LogP contribution in [-0.4, -0.2) is 13.0 Å². The summed E-state index contributed by atoms with van der Waals surface area (Å²) in [4.78, 5) is 24.4. The summed E-state index contributed by atoms with van der Waals surface area (Å²) >= 11 is 3.41. The van der Waals surface area contributed by atoms with Crippen LogP contribution in [0.1, 0.15) is 16.1 Å². The van der Waals surface area contributed by atoms with Crippen molar-refractivity contribution in [1.29, 1.82) is 0 Å². The van der Waals surface area contributed by atoms with Gasteiger partial charge in [-0.05, 0) is 60.3 Å². The molecule has 0 bridgehead atoms. The third-order valence-corrected chi connectivity index (χ3v) is 4.50. The summed E-state index contributed by atoms with van der Waals surface area (Å²) in [5.74, 6) is 0.0582. The molecule has 0 aliphatic carbocycles. The van der Waals surface area contributed by atoms with E-state index in [2.05, 4.69) is 21.2 Å². The fourth-order valence-electron chi connectivity index (χ4n) is 2.33. The molecule has 1 aromatic heterocycles. The van der Waals surface area contributed by atoms with Gasteiger partial charge in [-0.1, -0.05) is 15.9 Å². The Hall–Kier alpha value is -2.60. The van der Waals surface area contributed by atoms with E-state index in [0.29, 0.717) is 22.2 Å². The first-order chi connectivity index (χ1) is 11.5. The molecule has 0 radical (unpaired) electrons. The number of hydrogen-bond acceptors (Lipinski definition) is 4. The van der Waals surface area contributed by atoms with E-state index in [0.717, 1.165) is 10.0 Å². The Labute approximate surface area is 146 Å². The van der Waals surface area contributed by atoms with Gasteiger partial charge >= 0.3 is 5.63 Å². The third-order valence-electron chi connectivity index (χ3n) is 3.61. The van der Waals surface area contributed by atoms with Crippen LogP contribution in [0.2, 0.25) is 0 Å². The van der Waals surface area contributed by atoms with E-state index in [9.17, 15) is 9.59 Å². The van der Waals surface area contributed by atoms with Crippen molar-refractivity contribution in [2.75, 3.05) is 12.4 Å². The van der Waals surface area contributed by atoms with Gasteiger partial charge in [0.2, 0.25) is 0 Å². The molecule has 0 unspecified atom stereocenters. The van der Waals surface area contributed by atoms with Crippen LogP contribution in [0.4, 0.5) is 5.69 Å². The number of hydrogen-bond donors (Lipinski definition) is 1. The molecule has 3 aromatic rings. The lowest BCUT2D eigenvalue weighted by Gasteiger charge is -2.07. The molecule has 2 aromatic carbocycles. The van der Waals surface area contributed by atoms with Crippen LogP contribution in [-0.2, 0) is 0 Å². The average molecular weight is 388 g/mol. The number of fused-ring (bicyclic) bond motifs is 1. The van der Waals surface area contributed by atoms with Crippen LogP contribution >= 0.6 is 15.9 Å². The molecule has 0 saturated carbocycles. The Balaban J connectivity index is 1.97. The summed E-state index contributed by atoms with van der Waals surface area (Å²) in [6, 6.07) is 11.9.